The second kappa shape index (κ2) is 11.0. The maximum atomic E-state index is 12.9. The van der Waals surface area contributed by atoms with Crippen LogP contribution < -0.4 is 10.6 Å². The van der Waals surface area contributed by atoms with E-state index in [0.717, 1.165) is 11.3 Å². The van der Waals surface area contributed by atoms with Crippen molar-refractivity contribution >= 4 is 45.6 Å². The average Bonchev–Trinajstić information content (AvgIpc) is 3.48. The van der Waals surface area contributed by atoms with Crippen LogP contribution in [0.1, 0.15) is 20.9 Å². The lowest BCUT2D eigenvalue weighted by Crippen LogP contribution is -2.19. The van der Waals surface area contributed by atoms with Crippen molar-refractivity contribution in [1.29, 1.82) is 0 Å². The Bertz CT molecular complexity index is 1270. The zero-order valence-corrected chi connectivity index (χ0v) is 19.9. The zero-order chi connectivity index (χ0) is 23.9. The summed E-state index contributed by atoms with van der Waals surface area (Å²) in [4.78, 5) is 31.6. The fourth-order valence-corrected chi connectivity index (χ4v) is 4.37. The van der Waals surface area contributed by atoms with Crippen molar-refractivity contribution in [3.63, 3.8) is 0 Å². The van der Waals surface area contributed by atoms with Gasteiger partial charge in [-0.1, -0.05) is 36.4 Å². The predicted molar refractivity (Wildman–Crippen MR) is 133 cm³/mol. The van der Waals surface area contributed by atoms with Crippen LogP contribution in [0.5, 0.6) is 0 Å². The number of pyridine rings is 1. The van der Waals surface area contributed by atoms with Gasteiger partial charge in [-0.15, -0.1) is 11.3 Å². The zero-order valence-electron chi connectivity index (χ0n) is 19.0. The van der Waals surface area contributed by atoms with Crippen LogP contribution in [0.15, 0.2) is 60.1 Å². The van der Waals surface area contributed by atoms with E-state index in [1.165, 1.54) is 12.0 Å². The SMILES string of the molecule is COCCn1c(C(=O)OC)c(NC(=O)Cc2ccccc2)c2cc(NCc3cccs3)cnc21. The maximum Gasteiger partial charge on any atom is 0.356 e. The summed E-state index contributed by atoms with van der Waals surface area (Å²) < 4.78 is 12.0. The molecule has 3 heterocycles. The second-order valence-corrected chi connectivity index (χ2v) is 8.63. The molecule has 0 aliphatic heterocycles. The molecule has 4 aromatic rings. The average molecular weight is 479 g/mol. The molecule has 3 aromatic heterocycles. The van der Waals surface area contributed by atoms with Crippen molar-refractivity contribution in [2.45, 2.75) is 19.5 Å². The summed E-state index contributed by atoms with van der Waals surface area (Å²) in [6, 6.07) is 15.4. The van der Waals surface area contributed by atoms with E-state index in [0.29, 0.717) is 36.4 Å². The molecule has 0 saturated carbocycles. The first-order chi connectivity index (χ1) is 16.6. The van der Waals surface area contributed by atoms with Gasteiger partial charge in [-0.05, 0) is 23.1 Å². The van der Waals surface area contributed by atoms with Crippen LogP contribution in [0.25, 0.3) is 11.0 Å². The lowest BCUT2D eigenvalue weighted by Gasteiger charge is -2.10. The fourth-order valence-electron chi connectivity index (χ4n) is 3.72. The minimum Gasteiger partial charge on any atom is -0.464 e. The van der Waals surface area contributed by atoms with Crippen molar-refractivity contribution in [3.05, 3.63) is 76.2 Å². The van der Waals surface area contributed by atoms with E-state index in [9.17, 15) is 9.59 Å². The number of carbonyl (C=O) groups is 2. The number of carbonyl (C=O) groups excluding carboxylic acids is 2. The van der Waals surface area contributed by atoms with Crippen molar-refractivity contribution in [1.82, 2.24) is 9.55 Å². The smallest absolute Gasteiger partial charge is 0.356 e. The number of benzene rings is 1. The summed E-state index contributed by atoms with van der Waals surface area (Å²) in [6.45, 7) is 1.39. The van der Waals surface area contributed by atoms with Gasteiger partial charge in [0, 0.05) is 30.5 Å². The summed E-state index contributed by atoms with van der Waals surface area (Å²) in [5.41, 5.74) is 2.83. The first kappa shape index (κ1) is 23.5. The molecule has 0 unspecified atom stereocenters. The molecule has 9 heteroatoms. The number of ether oxygens (including phenoxy) is 2. The second-order valence-electron chi connectivity index (χ2n) is 7.60. The lowest BCUT2D eigenvalue weighted by molar-refractivity contribution is -0.115. The molecule has 4 rings (SSSR count). The molecule has 0 radical (unpaired) electrons. The van der Waals surface area contributed by atoms with Crippen LogP contribution in [-0.4, -0.2) is 42.3 Å². The van der Waals surface area contributed by atoms with Gasteiger partial charge in [0.25, 0.3) is 0 Å². The van der Waals surface area contributed by atoms with Crippen LogP contribution in [0.3, 0.4) is 0 Å². The Hall–Kier alpha value is -3.69. The van der Waals surface area contributed by atoms with Gasteiger partial charge in [-0.2, -0.15) is 0 Å². The Balaban J connectivity index is 1.73. The number of anilines is 2. The molecular formula is C25H26N4O4S. The predicted octanol–water partition coefficient (Wildman–Crippen LogP) is 4.32. The highest BCUT2D eigenvalue weighted by Gasteiger charge is 2.26. The van der Waals surface area contributed by atoms with E-state index in [2.05, 4.69) is 21.7 Å². The minimum absolute atomic E-state index is 0.177. The number of nitrogens with zero attached hydrogens (tertiary/aromatic N) is 2. The van der Waals surface area contributed by atoms with Crippen molar-refractivity contribution in [3.8, 4) is 0 Å². The highest BCUT2D eigenvalue weighted by molar-refractivity contribution is 7.09. The maximum absolute atomic E-state index is 12.9. The molecule has 0 aliphatic rings. The number of thiophene rings is 1. The Morgan fingerprint density at radius 1 is 1.12 bits per heavy atom. The topological polar surface area (TPSA) is 94.5 Å². The number of hydrogen-bond donors (Lipinski definition) is 2. The third-order valence-corrected chi connectivity index (χ3v) is 6.19. The number of hydrogen-bond acceptors (Lipinski definition) is 7. The number of fused-ring (bicyclic) bond motifs is 1. The Labute approximate surface area is 201 Å². The van der Waals surface area contributed by atoms with Gasteiger partial charge in [-0.25, -0.2) is 9.78 Å². The van der Waals surface area contributed by atoms with Gasteiger partial charge in [0.1, 0.15) is 5.65 Å². The summed E-state index contributed by atoms with van der Waals surface area (Å²) in [6.07, 6.45) is 1.89. The summed E-state index contributed by atoms with van der Waals surface area (Å²) in [5, 5.41) is 8.98. The highest BCUT2D eigenvalue weighted by atomic mass is 32.1. The van der Waals surface area contributed by atoms with Crippen molar-refractivity contribution in [2.75, 3.05) is 31.5 Å². The third-order valence-electron chi connectivity index (χ3n) is 5.31. The van der Waals surface area contributed by atoms with E-state index < -0.39 is 5.97 Å². The van der Waals surface area contributed by atoms with Crippen LogP contribution in [0.4, 0.5) is 11.4 Å². The van der Waals surface area contributed by atoms with Gasteiger partial charge in [0.05, 0.1) is 37.7 Å². The Morgan fingerprint density at radius 2 is 1.94 bits per heavy atom. The van der Waals surface area contributed by atoms with E-state index in [-0.39, 0.29) is 18.0 Å². The van der Waals surface area contributed by atoms with Gasteiger partial charge in [-0.3, -0.25) is 4.79 Å². The first-order valence-corrected chi connectivity index (χ1v) is 11.7. The van der Waals surface area contributed by atoms with Gasteiger partial charge in [0.2, 0.25) is 5.91 Å². The molecular weight excluding hydrogens is 452 g/mol. The molecule has 8 nitrogen and oxygen atoms in total. The Morgan fingerprint density at radius 3 is 2.65 bits per heavy atom. The highest BCUT2D eigenvalue weighted by Crippen LogP contribution is 2.33. The summed E-state index contributed by atoms with van der Waals surface area (Å²) in [7, 11) is 2.91. The molecule has 2 N–H and O–H groups in total. The molecule has 0 saturated heterocycles. The number of methoxy groups -OCH3 is 2. The number of aromatic nitrogens is 2. The van der Waals surface area contributed by atoms with Gasteiger partial charge >= 0.3 is 5.97 Å². The molecule has 0 bridgehead atoms. The fraction of sp³-hybridized carbons (Fsp3) is 0.240. The molecule has 176 valence electrons. The number of nitrogens with one attached hydrogen (secondary N) is 2. The molecule has 0 fully saturated rings. The van der Waals surface area contributed by atoms with Gasteiger partial charge < -0.3 is 24.7 Å². The van der Waals surface area contributed by atoms with Gasteiger partial charge in [0.15, 0.2) is 5.69 Å². The van der Waals surface area contributed by atoms with Crippen molar-refractivity contribution < 1.29 is 19.1 Å². The third kappa shape index (κ3) is 5.27. The van der Waals surface area contributed by atoms with Crippen LogP contribution in [-0.2, 0) is 33.8 Å². The minimum atomic E-state index is -0.558. The number of rotatable bonds is 10. The molecule has 0 atom stereocenters. The molecule has 0 spiro atoms. The van der Waals surface area contributed by atoms with Crippen LogP contribution in [0.2, 0.25) is 0 Å². The first-order valence-electron chi connectivity index (χ1n) is 10.8. The largest absolute Gasteiger partial charge is 0.464 e. The Kier molecular flexibility index (Phi) is 7.56. The summed E-state index contributed by atoms with van der Waals surface area (Å²) >= 11 is 1.66. The molecule has 0 aliphatic carbocycles. The van der Waals surface area contributed by atoms with Crippen LogP contribution in [0, 0.1) is 0 Å². The van der Waals surface area contributed by atoms with E-state index in [1.54, 1.807) is 29.2 Å². The van der Waals surface area contributed by atoms with E-state index in [1.807, 2.05) is 47.8 Å². The molecule has 1 amide bonds. The molecule has 1 aromatic carbocycles. The molecule has 34 heavy (non-hydrogen) atoms. The van der Waals surface area contributed by atoms with E-state index in [4.69, 9.17) is 9.47 Å². The van der Waals surface area contributed by atoms with Crippen molar-refractivity contribution in [2.24, 2.45) is 0 Å². The lowest BCUT2D eigenvalue weighted by atomic mass is 10.1. The monoisotopic (exact) mass is 478 g/mol. The quantitative estimate of drug-likeness (QED) is 0.330. The van der Waals surface area contributed by atoms with E-state index >= 15 is 0 Å². The summed E-state index contributed by atoms with van der Waals surface area (Å²) in [5.74, 6) is -0.795. The number of amides is 1. The normalized spacial score (nSPS) is 10.9. The number of esters is 1. The van der Waals surface area contributed by atoms with Crippen LogP contribution >= 0.6 is 11.3 Å². The standard InChI is InChI=1S/C25H26N4O4S/c1-32-11-10-29-23(25(31)33-2)22(28-21(30)13-17-7-4-3-5-8-17)20-14-18(15-27-24(20)29)26-16-19-9-6-12-34-19/h3-9,12,14-15,26H,10-11,13,16H2,1-2H3,(H,28,30).